The highest BCUT2D eigenvalue weighted by molar-refractivity contribution is 7.20. The van der Waals surface area contributed by atoms with Crippen LogP contribution in [0, 0.1) is 0 Å². The van der Waals surface area contributed by atoms with Crippen molar-refractivity contribution in [3.8, 4) is 0 Å². The highest BCUT2D eigenvalue weighted by Crippen LogP contribution is 2.24. The first-order chi connectivity index (χ1) is 19.2. The van der Waals surface area contributed by atoms with Gasteiger partial charge in [0.05, 0.1) is 49.2 Å². The minimum absolute atomic E-state index is 0.00517. The minimum atomic E-state index is -1.35. The second-order valence-corrected chi connectivity index (χ2v) is 13.2. The summed E-state index contributed by atoms with van der Waals surface area (Å²) in [6.07, 6.45) is -2.19. The number of rotatable bonds is 21. The Morgan fingerprint density at radius 2 is 1.00 bits per heavy atom. The normalized spacial score (nSPS) is 16.9. The molecule has 12 nitrogen and oxygen atoms in total. The van der Waals surface area contributed by atoms with Gasteiger partial charge in [-0.3, -0.25) is 9.59 Å². The quantitative estimate of drug-likeness (QED) is 0.103. The molecule has 0 heterocycles. The molecular formula is C28H52O12P2. The number of carbonyl (C=O) groups excluding carboxylic acids is 4. The molecule has 0 aromatic heterocycles. The lowest BCUT2D eigenvalue weighted by Gasteiger charge is -2.28. The van der Waals surface area contributed by atoms with Crippen LogP contribution in [-0.4, -0.2) is 97.6 Å². The summed E-state index contributed by atoms with van der Waals surface area (Å²) in [6.45, 7) is 17.1. The van der Waals surface area contributed by atoms with Gasteiger partial charge in [-0.05, 0) is 69.2 Å². The molecule has 0 radical (unpaired) electrons. The first kappa shape index (κ1) is 40.6. The van der Waals surface area contributed by atoms with Crippen molar-refractivity contribution in [2.45, 2.75) is 129 Å². The lowest BCUT2D eigenvalue weighted by Crippen LogP contribution is -2.41. The van der Waals surface area contributed by atoms with Crippen molar-refractivity contribution >= 4 is 42.4 Å². The second kappa shape index (κ2) is 19.8. The zero-order valence-corrected chi connectivity index (χ0v) is 29.1. The van der Waals surface area contributed by atoms with Crippen LogP contribution in [0.2, 0.25) is 0 Å². The van der Waals surface area contributed by atoms with Gasteiger partial charge in [0.2, 0.25) is 0 Å². The fourth-order valence-corrected chi connectivity index (χ4v) is 4.05. The third-order valence-corrected chi connectivity index (χ3v) is 5.71. The third-order valence-electron chi connectivity index (χ3n) is 5.18. The van der Waals surface area contributed by atoms with Crippen molar-refractivity contribution in [3.63, 3.8) is 0 Å². The molecule has 0 rings (SSSR count). The van der Waals surface area contributed by atoms with Crippen LogP contribution < -0.4 is 0 Å². The maximum atomic E-state index is 12.4. The van der Waals surface area contributed by atoms with Crippen molar-refractivity contribution in [2.24, 2.45) is 0 Å². The molecule has 0 aliphatic carbocycles. The Morgan fingerprint density at radius 1 is 0.595 bits per heavy atom. The fraction of sp³-hybridized carbons (Fsp3) is 0.857. The van der Waals surface area contributed by atoms with Crippen LogP contribution in [0.1, 0.15) is 82.1 Å². The van der Waals surface area contributed by atoms with Crippen molar-refractivity contribution < 1.29 is 57.1 Å². The van der Waals surface area contributed by atoms with E-state index in [1.807, 2.05) is 20.8 Å². The summed E-state index contributed by atoms with van der Waals surface area (Å²) in [4.78, 5) is 49.0. The van der Waals surface area contributed by atoms with Gasteiger partial charge in [0.25, 0.3) is 0 Å². The molecule has 8 atom stereocenters. The zero-order valence-electron chi connectivity index (χ0n) is 26.8. The summed E-state index contributed by atoms with van der Waals surface area (Å²) in [5.41, 5.74) is -1.27. The number of carbonyl (C=O) groups is 4. The summed E-state index contributed by atoms with van der Waals surface area (Å²) in [7, 11) is 4.79. The number of esters is 4. The van der Waals surface area contributed by atoms with E-state index in [0.29, 0.717) is 0 Å². The monoisotopic (exact) mass is 642 g/mol. The Bertz CT molecular complexity index is 779. The van der Waals surface area contributed by atoms with E-state index in [1.54, 1.807) is 41.5 Å². The fourth-order valence-electron chi connectivity index (χ4n) is 3.47. The van der Waals surface area contributed by atoms with E-state index < -0.39 is 47.0 Å². The van der Waals surface area contributed by atoms with Gasteiger partial charge in [-0.15, -0.1) is 9.24 Å². The molecule has 8 unspecified atom stereocenters. The van der Waals surface area contributed by atoms with Crippen molar-refractivity contribution in [1.82, 2.24) is 0 Å². The summed E-state index contributed by atoms with van der Waals surface area (Å²) in [5.74, 6) is -2.50. The molecule has 0 aliphatic rings. The van der Waals surface area contributed by atoms with Crippen LogP contribution >= 0.6 is 18.5 Å². The molecule has 0 amide bonds. The van der Waals surface area contributed by atoms with E-state index in [-0.39, 0.29) is 63.4 Å². The molecule has 0 saturated carbocycles. The largest absolute Gasteiger partial charge is 0.463 e. The molecule has 42 heavy (non-hydrogen) atoms. The third kappa shape index (κ3) is 19.0. The predicted octanol–water partition coefficient (Wildman–Crippen LogP) is 3.56. The Labute approximate surface area is 255 Å². The lowest BCUT2D eigenvalue weighted by molar-refractivity contribution is -0.181. The summed E-state index contributed by atoms with van der Waals surface area (Å²) in [6, 6.07) is 0. The maximum Gasteiger partial charge on any atom is 0.342 e. The van der Waals surface area contributed by atoms with Crippen molar-refractivity contribution in [3.05, 3.63) is 0 Å². The van der Waals surface area contributed by atoms with Gasteiger partial charge in [-0.25, -0.2) is 9.59 Å². The van der Waals surface area contributed by atoms with E-state index in [4.69, 9.17) is 37.9 Å². The van der Waals surface area contributed by atoms with Crippen molar-refractivity contribution in [1.29, 1.82) is 0 Å². The summed E-state index contributed by atoms with van der Waals surface area (Å²) in [5, 5.41) is -1.35. The first-order valence-electron chi connectivity index (χ1n) is 14.1. The van der Waals surface area contributed by atoms with E-state index >= 15 is 0 Å². The molecule has 0 aliphatic heterocycles. The first-order valence-corrected chi connectivity index (χ1v) is 15.4. The smallest absolute Gasteiger partial charge is 0.342 e. The topological polar surface area (TPSA) is 142 Å². The van der Waals surface area contributed by atoms with E-state index in [9.17, 15) is 19.2 Å². The predicted molar refractivity (Wildman–Crippen MR) is 162 cm³/mol. The number of hydrogen-bond acceptors (Lipinski definition) is 12. The molecule has 0 aromatic rings. The number of ether oxygens (including phenoxy) is 8. The lowest BCUT2D eigenvalue weighted by atomic mass is 10.1. The molecule has 246 valence electrons. The Kier molecular flexibility index (Phi) is 19.1. The van der Waals surface area contributed by atoms with E-state index in [2.05, 4.69) is 18.5 Å². The molecule has 14 heteroatoms. The van der Waals surface area contributed by atoms with Crippen LogP contribution in [0.4, 0.5) is 0 Å². The van der Waals surface area contributed by atoms with Gasteiger partial charge < -0.3 is 37.9 Å². The SMILES string of the molecule is CC(C)OC(C)COC(=O)C(C)(P)OC(C)COC(=O)CCC(=O)OCC(C)OC(C)(C)C(=O)OCC(C)OC(C)P. The van der Waals surface area contributed by atoms with Gasteiger partial charge in [0.15, 0.2) is 10.9 Å². The zero-order chi connectivity index (χ0) is 32.7. The average Bonchev–Trinajstić information content (AvgIpc) is 2.85. The molecule has 0 N–H and O–H groups in total. The van der Waals surface area contributed by atoms with Crippen molar-refractivity contribution in [2.75, 3.05) is 26.4 Å². The van der Waals surface area contributed by atoms with Gasteiger partial charge in [-0.1, -0.05) is 9.24 Å². The van der Waals surface area contributed by atoms with E-state index in [1.165, 1.54) is 6.92 Å². The molecular weight excluding hydrogens is 590 g/mol. The molecule has 0 saturated heterocycles. The molecule has 0 fully saturated rings. The molecule has 0 aromatic carbocycles. The van der Waals surface area contributed by atoms with Crippen LogP contribution in [-0.2, 0) is 57.1 Å². The van der Waals surface area contributed by atoms with Gasteiger partial charge in [0.1, 0.15) is 26.4 Å². The number of hydrogen-bond donors (Lipinski definition) is 0. The molecule has 0 bridgehead atoms. The second-order valence-electron chi connectivity index (χ2n) is 11.2. The standard InChI is InChI=1S/C28H52O12P2/c1-17(2)37-18(3)13-36-26(32)28(10,42)40-21(6)16-34-24(30)12-11-23(29)33-15-20(5)39-27(8,9)25(31)35-14-19(4)38-22(7)41/h17-22H,11-16,41-42H2,1-10H3. The Balaban J connectivity index is 4.36. The van der Waals surface area contributed by atoms with Crippen LogP contribution in [0.5, 0.6) is 0 Å². The van der Waals surface area contributed by atoms with Gasteiger partial charge in [0, 0.05) is 0 Å². The van der Waals surface area contributed by atoms with Crippen LogP contribution in [0.3, 0.4) is 0 Å². The Hall–Kier alpha value is -1.42. The maximum absolute atomic E-state index is 12.4. The summed E-state index contributed by atoms with van der Waals surface area (Å²) >= 11 is 0. The van der Waals surface area contributed by atoms with Gasteiger partial charge >= 0.3 is 23.9 Å². The average molecular weight is 643 g/mol. The minimum Gasteiger partial charge on any atom is -0.463 e. The summed E-state index contributed by atoms with van der Waals surface area (Å²) < 4.78 is 43.3. The molecule has 0 spiro atoms. The van der Waals surface area contributed by atoms with E-state index in [0.717, 1.165) is 0 Å². The van der Waals surface area contributed by atoms with Gasteiger partial charge in [-0.2, -0.15) is 0 Å². The van der Waals surface area contributed by atoms with Crippen LogP contribution in [0.25, 0.3) is 0 Å². The highest BCUT2D eigenvalue weighted by Gasteiger charge is 2.34. The Morgan fingerprint density at radius 3 is 1.45 bits per heavy atom. The van der Waals surface area contributed by atoms with Crippen LogP contribution in [0.15, 0.2) is 0 Å². The highest BCUT2D eigenvalue weighted by atomic mass is 31.0.